The molecule has 68 valence electrons. The van der Waals surface area contributed by atoms with Gasteiger partial charge in [0.15, 0.2) is 0 Å². The molecular formula is C7H13N4NaO. The second-order valence-electron chi connectivity index (χ2n) is 2.65. The molecule has 1 heterocycles. The molecule has 6 heteroatoms. The Balaban J connectivity index is 0. The SMILES string of the molecule is Cc1cc(N)n(CCC(N)=O)n1.[H-].[Na+]. The first kappa shape index (κ1) is 12.5. The Kier molecular flexibility index (Phi) is 5.05. The summed E-state index contributed by atoms with van der Waals surface area (Å²) < 4.78 is 1.57. The molecular weight excluding hydrogens is 179 g/mol. The zero-order valence-corrected chi connectivity index (χ0v) is 9.95. The molecule has 4 N–H and O–H groups in total. The normalized spacial score (nSPS) is 9.31. The van der Waals surface area contributed by atoms with E-state index in [9.17, 15) is 4.79 Å². The summed E-state index contributed by atoms with van der Waals surface area (Å²) in [7, 11) is 0. The van der Waals surface area contributed by atoms with Crippen molar-refractivity contribution in [1.82, 2.24) is 9.78 Å². The van der Waals surface area contributed by atoms with Crippen LogP contribution < -0.4 is 41.0 Å². The van der Waals surface area contributed by atoms with Gasteiger partial charge in [0.2, 0.25) is 5.91 Å². The van der Waals surface area contributed by atoms with Crippen LogP contribution >= 0.6 is 0 Å². The minimum atomic E-state index is -0.345. The first-order chi connectivity index (χ1) is 5.59. The number of carbonyl (C=O) groups is 1. The van der Waals surface area contributed by atoms with Crippen molar-refractivity contribution in [2.45, 2.75) is 19.9 Å². The van der Waals surface area contributed by atoms with Gasteiger partial charge in [0.05, 0.1) is 12.2 Å². The summed E-state index contributed by atoms with van der Waals surface area (Å²) >= 11 is 0. The van der Waals surface area contributed by atoms with Crippen LogP contribution in [0.25, 0.3) is 0 Å². The van der Waals surface area contributed by atoms with Crippen LogP contribution in [0.4, 0.5) is 5.82 Å². The van der Waals surface area contributed by atoms with Gasteiger partial charge in [0.1, 0.15) is 5.82 Å². The number of aryl methyl sites for hydroxylation is 2. The van der Waals surface area contributed by atoms with Crippen molar-refractivity contribution in [3.63, 3.8) is 0 Å². The molecule has 0 saturated heterocycles. The maximum absolute atomic E-state index is 10.4. The number of nitrogens with zero attached hydrogens (tertiary/aromatic N) is 2. The summed E-state index contributed by atoms with van der Waals surface area (Å²) in [5.41, 5.74) is 11.4. The second kappa shape index (κ2) is 5.26. The molecule has 5 nitrogen and oxygen atoms in total. The number of aromatic nitrogens is 2. The fraction of sp³-hybridized carbons (Fsp3) is 0.429. The van der Waals surface area contributed by atoms with E-state index in [2.05, 4.69) is 5.10 Å². The Bertz CT molecular complexity index is 302. The molecule has 0 radical (unpaired) electrons. The van der Waals surface area contributed by atoms with Crippen LogP contribution in [-0.2, 0) is 11.3 Å². The molecule has 0 fully saturated rings. The van der Waals surface area contributed by atoms with Crippen LogP contribution in [0.15, 0.2) is 6.07 Å². The Hall–Kier alpha value is -0.520. The Morgan fingerprint density at radius 3 is 2.77 bits per heavy atom. The van der Waals surface area contributed by atoms with Crippen molar-refractivity contribution in [3.8, 4) is 0 Å². The van der Waals surface area contributed by atoms with Gasteiger partial charge in [-0.1, -0.05) is 0 Å². The van der Waals surface area contributed by atoms with Crippen molar-refractivity contribution in [2.75, 3.05) is 5.73 Å². The molecule has 0 bridgehead atoms. The van der Waals surface area contributed by atoms with Crippen LogP contribution in [0.5, 0.6) is 0 Å². The van der Waals surface area contributed by atoms with Crippen molar-refractivity contribution < 1.29 is 35.8 Å². The number of hydrogen-bond donors (Lipinski definition) is 2. The number of primary amides is 1. The van der Waals surface area contributed by atoms with Crippen molar-refractivity contribution in [2.24, 2.45) is 5.73 Å². The molecule has 0 atom stereocenters. The van der Waals surface area contributed by atoms with Gasteiger partial charge < -0.3 is 12.9 Å². The van der Waals surface area contributed by atoms with Crippen LogP contribution in [-0.4, -0.2) is 15.7 Å². The maximum Gasteiger partial charge on any atom is 1.00 e. The van der Waals surface area contributed by atoms with Crippen LogP contribution in [0.3, 0.4) is 0 Å². The molecule has 0 saturated carbocycles. The van der Waals surface area contributed by atoms with Gasteiger partial charge in [-0.15, -0.1) is 0 Å². The summed E-state index contributed by atoms with van der Waals surface area (Å²) in [6.07, 6.45) is 0.269. The van der Waals surface area contributed by atoms with E-state index in [-0.39, 0.29) is 43.3 Å². The Morgan fingerprint density at radius 1 is 1.77 bits per heavy atom. The van der Waals surface area contributed by atoms with E-state index < -0.39 is 0 Å². The van der Waals surface area contributed by atoms with Crippen LogP contribution in [0.1, 0.15) is 13.5 Å². The molecule has 1 aromatic rings. The number of amides is 1. The first-order valence-corrected chi connectivity index (χ1v) is 3.68. The minimum Gasteiger partial charge on any atom is -1.00 e. The molecule has 13 heavy (non-hydrogen) atoms. The van der Waals surface area contributed by atoms with E-state index in [1.807, 2.05) is 6.92 Å². The summed E-state index contributed by atoms with van der Waals surface area (Å²) in [5, 5.41) is 4.07. The van der Waals surface area contributed by atoms with Gasteiger partial charge in [-0.25, -0.2) is 4.68 Å². The number of anilines is 1. The topological polar surface area (TPSA) is 86.9 Å². The minimum absolute atomic E-state index is 0. The zero-order valence-electron chi connectivity index (χ0n) is 8.95. The molecule has 0 aliphatic rings. The smallest absolute Gasteiger partial charge is 1.00 e. The van der Waals surface area contributed by atoms with Crippen molar-refractivity contribution in [3.05, 3.63) is 11.8 Å². The monoisotopic (exact) mass is 192 g/mol. The number of hydrogen-bond acceptors (Lipinski definition) is 3. The number of carbonyl (C=O) groups excluding carboxylic acids is 1. The summed E-state index contributed by atoms with van der Waals surface area (Å²) in [5.74, 6) is 0.219. The average Bonchev–Trinajstić information content (AvgIpc) is 2.26. The van der Waals surface area contributed by atoms with Gasteiger partial charge in [0, 0.05) is 12.5 Å². The molecule has 1 aromatic heterocycles. The van der Waals surface area contributed by atoms with E-state index in [0.717, 1.165) is 5.69 Å². The fourth-order valence-corrected chi connectivity index (χ4v) is 0.961. The molecule has 0 spiro atoms. The third-order valence-corrected chi connectivity index (χ3v) is 1.50. The zero-order chi connectivity index (χ0) is 9.14. The van der Waals surface area contributed by atoms with Gasteiger partial charge in [-0.2, -0.15) is 5.10 Å². The summed E-state index contributed by atoms with van der Waals surface area (Å²) in [4.78, 5) is 10.4. The Labute approximate surface area is 100 Å². The molecule has 1 amide bonds. The predicted molar refractivity (Wildman–Crippen MR) is 46.3 cm³/mol. The number of nitrogens with two attached hydrogens (primary N) is 2. The van der Waals surface area contributed by atoms with Crippen molar-refractivity contribution in [1.29, 1.82) is 0 Å². The fourth-order valence-electron chi connectivity index (χ4n) is 0.961. The third-order valence-electron chi connectivity index (χ3n) is 1.50. The second-order valence-corrected chi connectivity index (χ2v) is 2.65. The third kappa shape index (κ3) is 3.80. The molecule has 0 aliphatic heterocycles. The standard InChI is InChI=1S/C7H12N4O.Na.H/c1-5-4-6(8)11(10-5)3-2-7(9)12;;/h4H,2-3,8H2,1H3,(H2,9,12);;/q;+1;-1. The van der Waals surface area contributed by atoms with E-state index in [1.54, 1.807) is 10.7 Å². The summed E-state index contributed by atoms with van der Waals surface area (Å²) in [6.45, 7) is 2.30. The molecule has 0 aliphatic carbocycles. The van der Waals surface area contributed by atoms with E-state index in [0.29, 0.717) is 12.4 Å². The van der Waals surface area contributed by atoms with Gasteiger partial charge in [-0.3, -0.25) is 4.79 Å². The predicted octanol–water partition coefficient (Wildman–Crippen LogP) is -3.23. The summed E-state index contributed by atoms with van der Waals surface area (Å²) in [6, 6.07) is 1.75. The van der Waals surface area contributed by atoms with E-state index in [1.165, 1.54) is 0 Å². The quantitative estimate of drug-likeness (QED) is 0.493. The molecule has 1 rings (SSSR count). The van der Waals surface area contributed by atoms with E-state index >= 15 is 0 Å². The molecule has 0 unspecified atom stereocenters. The number of nitrogen functional groups attached to an aromatic ring is 1. The molecule has 0 aromatic carbocycles. The number of rotatable bonds is 3. The largest absolute Gasteiger partial charge is 1.00 e. The van der Waals surface area contributed by atoms with Crippen LogP contribution in [0.2, 0.25) is 0 Å². The van der Waals surface area contributed by atoms with Gasteiger partial charge >= 0.3 is 29.6 Å². The maximum atomic E-state index is 10.4. The van der Waals surface area contributed by atoms with Crippen molar-refractivity contribution >= 4 is 11.7 Å². The van der Waals surface area contributed by atoms with Gasteiger partial charge in [0.25, 0.3) is 0 Å². The Morgan fingerprint density at radius 2 is 2.38 bits per heavy atom. The first-order valence-electron chi connectivity index (χ1n) is 3.68. The average molecular weight is 192 g/mol. The van der Waals surface area contributed by atoms with E-state index in [4.69, 9.17) is 11.5 Å². The van der Waals surface area contributed by atoms with Gasteiger partial charge in [-0.05, 0) is 6.92 Å². The van der Waals surface area contributed by atoms with Crippen LogP contribution in [0, 0.1) is 6.92 Å².